The number of imidazole rings is 1. The number of hydrogen-bond donors (Lipinski definition) is 1. The minimum absolute atomic E-state index is 0.0699. The molecule has 0 atom stereocenters. The summed E-state index contributed by atoms with van der Waals surface area (Å²) in [5.41, 5.74) is 7.29. The molecule has 1 heterocycles. The van der Waals surface area contributed by atoms with Gasteiger partial charge in [0.15, 0.2) is 0 Å². The molecule has 1 aromatic carbocycles. The van der Waals surface area contributed by atoms with Crippen LogP contribution in [0.25, 0.3) is 11.0 Å². The van der Waals surface area contributed by atoms with Gasteiger partial charge in [-0.05, 0) is 18.2 Å². The van der Waals surface area contributed by atoms with E-state index in [0.29, 0.717) is 5.95 Å². The molecule has 2 rings (SSSR count). The zero-order valence-electron chi connectivity index (χ0n) is 8.61. The first-order valence-corrected chi connectivity index (χ1v) is 5.39. The smallest absolute Gasteiger partial charge is 0.325 e. The highest BCUT2D eigenvalue weighted by atomic mass is 79.9. The van der Waals surface area contributed by atoms with Crippen LogP contribution in [0.1, 0.15) is 0 Å². The molecule has 6 heteroatoms. The molecule has 0 saturated carbocycles. The molecule has 0 aliphatic heterocycles. The Hall–Kier alpha value is -1.56. The van der Waals surface area contributed by atoms with Crippen LogP contribution in [0.15, 0.2) is 22.7 Å². The van der Waals surface area contributed by atoms with Gasteiger partial charge in [-0.3, -0.25) is 9.36 Å². The number of carbonyl (C=O) groups excluding carboxylic acids is 1. The zero-order valence-corrected chi connectivity index (χ0v) is 10.2. The second-order valence-corrected chi connectivity index (χ2v) is 4.18. The Balaban J connectivity index is 2.52. The quantitative estimate of drug-likeness (QED) is 0.849. The van der Waals surface area contributed by atoms with E-state index < -0.39 is 0 Å². The number of nitrogens with zero attached hydrogens (tertiary/aromatic N) is 2. The van der Waals surface area contributed by atoms with Crippen molar-refractivity contribution in [2.75, 3.05) is 12.8 Å². The summed E-state index contributed by atoms with van der Waals surface area (Å²) in [5.74, 6) is -0.0487. The Morgan fingerprint density at radius 3 is 3.06 bits per heavy atom. The maximum Gasteiger partial charge on any atom is 0.325 e. The van der Waals surface area contributed by atoms with E-state index in [-0.39, 0.29) is 12.5 Å². The van der Waals surface area contributed by atoms with E-state index in [2.05, 4.69) is 25.7 Å². The third-order valence-electron chi connectivity index (χ3n) is 2.25. The third kappa shape index (κ3) is 1.88. The van der Waals surface area contributed by atoms with Crippen molar-refractivity contribution >= 4 is 38.9 Å². The van der Waals surface area contributed by atoms with Crippen LogP contribution < -0.4 is 5.73 Å². The van der Waals surface area contributed by atoms with Crippen molar-refractivity contribution in [3.8, 4) is 0 Å². The van der Waals surface area contributed by atoms with E-state index in [4.69, 9.17) is 5.73 Å². The summed E-state index contributed by atoms with van der Waals surface area (Å²) in [6, 6.07) is 5.57. The maximum absolute atomic E-state index is 11.2. The molecule has 0 saturated heterocycles. The minimum atomic E-state index is -0.353. The topological polar surface area (TPSA) is 70.1 Å². The molecule has 1 aromatic heterocycles. The molecule has 0 aliphatic rings. The number of rotatable bonds is 2. The van der Waals surface area contributed by atoms with Crippen LogP contribution in [-0.4, -0.2) is 22.6 Å². The molecule has 0 unspecified atom stereocenters. The average Bonchev–Trinajstić information content (AvgIpc) is 2.54. The van der Waals surface area contributed by atoms with Crippen LogP contribution in [-0.2, 0) is 16.1 Å². The van der Waals surface area contributed by atoms with Crippen LogP contribution in [0.3, 0.4) is 0 Å². The predicted molar refractivity (Wildman–Crippen MR) is 63.9 cm³/mol. The van der Waals surface area contributed by atoms with E-state index in [0.717, 1.165) is 15.5 Å². The molecule has 0 aliphatic carbocycles. The summed E-state index contributed by atoms with van der Waals surface area (Å²) in [4.78, 5) is 15.4. The summed E-state index contributed by atoms with van der Waals surface area (Å²) < 4.78 is 7.14. The highest BCUT2D eigenvalue weighted by Gasteiger charge is 2.11. The van der Waals surface area contributed by atoms with Gasteiger partial charge in [-0.25, -0.2) is 4.98 Å². The van der Waals surface area contributed by atoms with E-state index in [1.807, 2.05) is 18.2 Å². The van der Waals surface area contributed by atoms with Gasteiger partial charge in [-0.1, -0.05) is 15.9 Å². The summed E-state index contributed by atoms with van der Waals surface area (Å²) >= 11 is 3.35. The standard InChI is InChI=1S/C10H10BrN3O2/c1-16-9(15)5-14-8-3-2-6(11)4-7(8)13-10(14)12/h2-4H,5H2,1H3,(H2,12,13). The first kappa shape index (κ1) is 10.9. The number of aromatic nitrogens is 2. The summed E-state index contributed by atoms with van der Waals surface area (Å²) in [7, 11) is 1.34. The van der Waals surface area contributed by atoms with Crippen molar-refractivity contribution in [1.29, 1.82) is 0 Å². The van der Waals surface area contributed by atoms with Crippen LogP contribution in [0.4, 0.5) is 5.95 Å². The van der Waals surface area contributed by atoms with Gasteiger partial charge in [0.05, 0.1) is 18.1 Å². The molecule has 5 nitrogen and oxygen atoms in total. The second kappa shape index (κ2) is 4.13. The molecule has 0 bridgehead atoms. The van der Waals surface area contributed by atoms with Gasteiger partial charge in [-0.2, -0.15) is 0 Å². The number of methoxy groups -OCH3 is 1. The summed E-state index contributed by atoms with van der Waals surface area (Å²) in [6.45, 7) is 0.0699. The number of nitrogens with two attached hydrogens (primary N) is 1. The van der Waals surface area contributed by atoms with Crippen molar-refractivity contribution in [3.63, 3.8) is 0 Å². The van der Waals surface area contributed by atoms with Crippen molar-refractivity contribution in [2.24, 2.45) is 0 Å². The lowest BCUT2D eigenvalue weighted by Crippen LogP contribution is -2.13. The predicted octanol–water partition coefficient (Wildman–Crippen LogP) is 1.55. The van der Waals surface area contributed by atoms with Crippen molar-refractivity contribution < 1.29 is 9.53 Å². The van der Waals surface area contributed by atoms with Crippen LogP contribution in [0, 0.1) is 0 Å². The van der Waals surface area contributed by atoms with Crippen molar-refractivity contribution in [2.45, 2.75) is 6.54 Å². The van der Waals surface area contributed by atoms with Gasteiger partial charge in [-0.15, -0.1) is 0 Å². The van der Waals surface area contributed by atoms with Gasteiger partial charge in [0.2, 0.25) is 5.95 Å². The highest BCUT2D eigenvalue weighted by Crippen LogP contribution is 2.21. The van der Waals surface area contributed by atoms with Gasteiger partial charge in [0.25, 0.3) is 0 Å². The van der Waals surface area contributed by atoms with Gasteiger partial charge in [0.1, 0.15) is 6.54 Å². The summed E-state index contributed by atoms with van der Waals surface area (Å²) in [6.07, 6.45) is 0. The molecule has 2 N–H and O–H groups in total. The van der Waals surface area contributed by atoms with Crippen molar-refractivity contribution in [1.82, 2.24) is 9.55 Å². The average molecular weight is 284 g/mol. The number of nitrogen functional groups attached to an aromatic ring is 1. The SMILES string of the molecule is COC(=O)Cn1c(N)nc2cc(Br)ccc21. The van der Waals surface area contributed by atoms with Gasteiger partial charge < -0.3 is 10.5 Å². The molecule has 0 fully saturated rings. The number of anilines is 1. The maximum atomic E-state index is 11.2. The first-order chi connectivity index (χ1) is 7.61. The molecule has 84 valence electrons. The van der Waals surface area contributed by atoms with E-state index >= 15 is 0 Å². The van der Waals surface area contributed by atoms with Crippen molar-refractivity contribution in [3.05, 3.63) is 22.7 Å². The number of benzene rings is 1. The Kier molecular flexibility index (Phi) is 2.82. The lowest BCUT2D eigenvalue weighted by molar-refractivity contribution is -0.141. The van der Waals surface area contributed by atoms with Gasteiger partial charge in [0, 0.05) is 4.47 Å². The summed E-state index contributed by atoms with van der Waals surface area (Å²) in [5, 5.41) is 0. The van der Waals surface area contributed by atoms with Crippen LogP contribution >= 0.6 is 15.9 Å². The Labute approximate surface area is 100 Å². The Morgan fingerprint density at radius 1 is 1.62 bits per heavy atom. The number of carbonyl (C=O) groups is 1. The number of hydrogen-bond acceptors (Lipinski definition) is 4. The van der Waals surface area contributed by atoms with Gasteiger partial charge >= 0.3 is 5.97 Å². The zero-order chi connectivity index (χ0) is 11.7. The Morgan fingerprint density at radius 2 is 2.38 bits per heavy atom. The molecule has 0 spiro atoms. The van der Waals surface area contributed by atoms with E-state index in [9.17, 15) is 4.79 Å². The number of fused-ring (bicyclic) bond motifs is 1. The fourth-order valence-electron chi connectivity index (χ4n) is 1.48. The molecule has 0 radical (unpaired) electrons. The number of halogens is 1. The second-order valence-electron chi connectivity index (χ2n) is 3.27. The minimum Gasteiger partial charge on any atom is -0.468 e. The largest absolute Gasteiger partial charge is 0.468 e. The molecule has 0 amide bonds. The number of esters is 1. The Bertz CT molecular complexity index is 550. The monoisotopic (exact) mass is 283 g/mol. The van der Waals surface area contributed by atoms with Crippen LogP contribution in [0.2, 0.25) is 0 Å². The lowest BCUT2D eigenvalue weighted by atomic mass is 10.3. The molecule has 16 heavy (non-hydrogen) atoms. The fourth-order valence-corrected chi connectivity index (χ4v) is 1.83. The first-order valence-electron chi connectivity index (χ1n) is 4.60. The van der Waals surface area contributed by atoms with Crippen LogP contribution in [0.5, 0.6) is 0 Å². The fraction of sp³-hybridized carbons (Fsp3) is 0.200. The number of ether oxygens (including phenoxy) is 1. The third-order valence-corrected chi connectivity index (χ3v) is 2.75. The molecule has 2 aromatic rings. The highest BCUT2D eigenvalue weighted by molar-refractivity contribution is 9.10. The van der Waals surface area contributed by atoms with E-state index in [1.54, 1.807) is 4.57 Å². The normalized spacial score (nSPS) is 10.6. The van der Waals surface area contributed by atoms with E-state index in [1.165, 1.54) is 7.11 Å². The lowest BCUT2D eigenvalue weighted by Gasteiger charge is -2.04. The molecular weight excluding hydrogens is 274 g/mol. The molecular formula is C10H10BrN3O2.